The third-order valence-corrected chi connectivity index (χ3v) is 3.01. The molecule has 1 fully saturated rings. The molecule has 88 valence electrons. The summed E-state index contributed by atoms with van der Waals surface area (Å²) in [6.07, 6.45) is 1.62. The lowest BCUT2D eigenvalue weighted by atomic mass is 9.88. The summed E-state index contributed by atoms with van der Waals surface area (Å²) < 4.78 is 0. The van der Waals surface area contributed by atoms with E-state index in [1.165, 1.54) is 0 Å². The van der Waals surface area contributed by atoms with Crippen LogP contribution in [-0.2, 0) is 9.63 Å². The van der Waals surface area contributed by atoms with Gasteiger partial charge in [-0.1, -0.05) is 6.92 Å². The highest BCUT2D eigenvalue weighted by Crippen LogP contribution is 2.28. The average molecular weight is 216 g/mol. The summed E-state index contributed by atoms with van der Waals surface area (Å²) in [6, 6.07) is 0. The van der Waals surface area contributed by atoms with Crippen LogP contribution in [0.5, 0.6) is 0 Å². The lowest BCUT2D eigenvalue weighted by molar-refractivity contribution is -0.160. The molecule has 0 radical (unpaired) electrons. The van der Waals surface area contributed by atoms with Gasteiger partial charge in [-0.05, 0) is 19.4 Å². The number of nitrogens with one attached hydrogen (secondary N) is 1. The number of carbonyl (C=O) groups is 1. The Balaban J connectivity index is 2.55. The minimum atomic E-state index is -0.796. The third kappa shape index (κ3) is 3.44. The Hall–Kier alpha value is -0.650. The Bertz CT molecular complexity index is 213. The summed E-state index contributed by atoms with van der Waals surface area (Å²) in [5.74, 6) is -0.796. The van der Waals surface area contributed by atoms with Crippen LogP contribution in [0, 0.1) is 0 Å². The summed E-state index contributed by atoms with van der Waals surface area (Å²) in [4.78, 5) is 18.5. The van der Waals surface area contributed by atoms with Gasteiger partial charge in [-0.3, -0.25) is 9.63 Å². The Labute approximate surface area is 90.4 Å². The summed E-state index contributed by atoms with van der Waals surface area (Å²) in [6.45, 7) is 4.95. The lowest BCUT2D eigenvalue weighted by Crippen LogP contribution is -2.49. The maximum absolute atomic E-state index is 10.8. The van der Waals surface area contributed by atoms with Crippen LogP contribution in [0.2, 0.25) is 0 Å². The Morgan fingerprint density at radius 3 is 2.53 bits per heavy atom. The van der Waals surface area contributed by atoms with Gasteiger partial charge in [-0.2, -0.15) is 0 Å². The normalized spacial score (nSPS) is 21.5. The summed E-state index contributed by atoms with van der Waals surface area (Å²) in [7, 11) is 1.68. The number of piperidine rings is 1. The quantitative estimate of drug-likeness (QED) is 0.654. The maximum Gasteiger partial charge on any atom is 0.306 e. The topological polar surface area (TPSA) is 61.8 Å². The highest BCUT2D eigenvalue weighted by atomic mass is 16.7. The van der Waals surface area contributed by atoms with E-state index in [0.29, 0.717) is 0 Å². The van der Waals surface area contributed by atoms with Crippen LogP contribution in [-0.4, -0.2) is 48.3 Å². The minimum Gasteiger partial charge on any atom is -0.481 e. The molecule has 2 N–H and O–H groups in total. The molecule has 1 heterocycles. The molecule has 1 saturated heterocycles. The van der Waals surface area contributed by atoms with Gasteiger partial charge >= 0.3 is 5.97 Å². The smallest absolute Gasteiger partial charge is 0.306 e. The number of rotatable bonds is 5. The Kier molecular flexibility index (Phi) is 4.50. The molecule has 0 aliphatic carbocycles. The second kappa shape index (κ2) is 5.44. The van der Waals surface area contributed by atoms with Crippen LogP contribution >= 0.6 is 0 Å². The molecule has 0 aromatic rings. The van der Waals surface area contributed by atoms with Crippen molar-refractivity contribution in [2.75, 3.05) is 26.7 Å². The fourth-order valence-corrected chi connectivity index (χ4v) is 2.08. The van der Waals surface area contributed by atoms with Gasteiger partial charge < -0.3 is 10.0 Å². The molecule has 0 amide bonds. The summed E-state index contributed by atoms with van der Waals surface area (Å²) in [5, 5.41) is 8.86. The van der Waals surface area contributed by atoms with Crippen LogP contribution in [0.3, 0.4) is 0 Å². The Morgan fingerprint density at radius 1 is 1.53 bits per heavy atom. The van der Waals surface area contributed by atoms with Crippen LogP contribution in [0.15, 0.2) is 0 Å². The molecule has 1 aliphatic heterocycles. The van der Waals surface area contributed by atoms with E-state index in [4.69, 9.17) is 9.94 Å². The molecule has 0 saturated carbocycles. The molecule has 15 heavy (non-hydrogen) atoms. The number of hydrogen-bond donors (Lipinski definition) is 2. The number of carboxylic acids is 1. The number of hydroxylamine groups is 1. The van der Waals surface area contributed by atoms with Gasteiger partial charge in [0.05, 0.1) is 6.42 Å². The molecule has 0 bridgehead atoms. The number of nitrogens with zero attached hydrogens (tertiary/aromatic N) is 1. The molecule has 0 spiro atoms. The fraction of sp³-hybridized carbons (Fsp3) is 0.900. The van der Waals surface area contributed by atoms with Crippen LogP contribution in [0.4, 0.5) is 0 Å². The molecule has 1 aliphatic rings. The monoisotopic (exact) mass is 216 g/mol. The largest absolute Gasteiger partial charge is 0.481 e. The molecule has 0 unspecified atom stereocenters. The lowest BCUT2D eigenvalue weighted by Gasteiger charge is -2.39. The van der Waals surface area contributed by atoms with Crippen molar-refractivity contribution in [3.05, 3.63) is 0 Å². The zero-order valence-corrected chi connectivity index (χ0v) is 9.45. The van der Waals surface area contributed by atoms with E-state index in [1.807, 2.05) is 0 Å². The molecule has 0 aromatic heterocycles. The van der Waals surface area contributed by atoms with Crippen molar-refractivity contribution < 1.29 is 14.7 Å². The van der Waals surface area contributed by atoms with Crippen molar-refractivity contribution >= 4 is 5.97 Å². The first-order valence-electron chi connectivity index (χ1n) is 5.41. The minimum absolute atomic E-state index is 0.0748. The van der Waals surface area contributed by atoms with E-state index in [0.717, 1.165) is 32.5 Å². The van der Waals surface area contributed by atoms with Crippen molar-refractivity contribution in [2.24, 2.45) is 0 Å². The van der Waals surface area contributed by atoms with E-state index in [9.17, 15) is 4.79 Å². The molecular formula is C10H20N2O3. The summed E-state index contributed by atoms with van der Waals surface area (Å²) >= 11 is 0. The molecule has 0 atom stereocenters. The molecule has 5 nitrogen and oxygen atoms in total. The zero-order chi connectivity index (χ0) is 11.3. The highest BCUT2D eigenvalue weighted by Gasteiger charge is 2.37. The van der Waals surface area contributed by atoms with Crippen molar-refractivity contribution in [3.63, 3.8) is 0 Å². The maximum atomic E-state index is 10.8. The van der Waals surface area contributed by atoms with Crippen LogP contribution in [0.25, 0.3) is 0 Å². The number of carboxylic acid groups (broad SMARTS) is 1. The second-order valence-corrected chi connectivity index (χ2v) is 3.99. The first kappa shape index (κ1) is 12.4. The predicted molar refractivity (Wildman–Crippen MR) is 56.5 cm³/mol. The van der Waals surface area contributed by atoms with Gasteiger partial charge in [0.15, 0.2) is 0 Å². The van der Waals surface area contributed by atoms with E-state index in [2.05, 4.69) is 17.3 Å². The van der Waals surface area contributed by atoms with Gasteiger partial charge in [0.25, 0.3) is 0 Å². The SMILES string of the molecule is CCN1CCC(CC(=O)O)(ONC)CC1. The first-order valence-corrected chi connectivity index (χ1v) is 5.41. The Morgan fingerprint density at radius 2 is 2.13 bits per heavy atom. The van der Waals surface area contributed by atoms with Gasteiger partial charge in [-0.15, -0.1) is 0 Å². The van der Waals surface area contributed by atoms with E-state index < -0.39 is 11.6 Å². The zero-order valence-electron chi connectivity index (χ0n) is 9.45. The van der Waals surface area contributed by atoms with Crippen molar-refractivity contribution in [1.29, 1.82) is 0 Å². The molecule has 1 rings (SSSR count). The first-order chi connectivity index (χ1) is 7.12. The average Bonchev–Trinajstić information content (AvgIpc) is 2.18. The number of likely N-dealkylation sites (tertiary alicyclic amines) is 1. The van der Waals surface area contributed by atoms with Crippen molar-refractivity contribution in [2.45, 2.75) is 31.8 Å². The molecule has 0 aromatic carbocycles. The van der Waals surface area contributed by atoms with Gasteiger partial charge in [0.1, 0.15) is 5.60 Å². The molecule has 5 heteroatoms. The van der Waals surface area contributed by atoms with Crippen molar-refractivity contribution in [1.82, 2.24) is 10.4 Å². The van der Waals surface area contributed by atoms with E-state index in [-0.39, 0.29) is 6.42 Å². The van der Waals surface area contributed by atoms with Gasteiger partial charge in [-0.25, -0.2) is 5.48 Å². The van der Waals surface area contributed by atoms with E-state index in [1.54, 1.807) is 7.05 Å². The number of aliphatic carboxylic acids is 1. The van der Waals surface area contributed by atoms with Gasteiger partial charge in [0, 0.05) is 20.1 Å². The highest BCUT2D eigenvalue weighted by molar-refractivity contribution is 5.68. The van der Waals surface area contributed by atoms with Crippen molar-refractivity contribution in [3.8, 4) is 0 Å². The number of hydrogen-bond acceptors (Lipinski definition) is 4. The van der Waals surface area contributed by atoms with Gasteiger partial charge in [0.2, 0.25) is 0 Å². The predicted octanol–water partition coefficient (Wildman–Crippen LogP) is 0.467. The second-order valence-electron chi connectivity index (χ2n) is 3.99. The van der Waals surface area contributed by atoms with E-state index >= 15 is 0 Å². The van der Waals surface area contributed by atoms with Crippen LogP contribution < -0.4 is 5.48 Å². The third-order valence-electron chi connectivity index (χ3n) is 3.01. The standard InChI is InChI=1S/C10H20N2O3/c1-3-12-6-4-10(5-7-12,15-11-2)8-9(13)14/h11H,3-8H2,1-2H3,(H,13,14). The van der Waals surface area contributed by atoms with Crippen LogP contribution in [0.1, 0.15) is 26.2 Å². The fourth-order valence-electron chi connectivity index (χ4n) is 2.08. The molecular weight excluding hydrogens is 196 g/mol. The summed E-state index contributed by atoms with van der Waals surface area (Å²) in [5.41, 5.74) is 2.11.